The number of hydrogen-bond donors (Lipinski definition) is 1. The molecular formula is C17H22N2O2. The molecule has 1 heterocycles. The van der Waals surface area contributed by atoms with Gasteiger partial charge in [-0.1, -0.05) is 19.1 Å². The van der Waals surface area contributed by atoms with E-state index >= 15 is 0 Å². The lowest BCUT2D eigenvalue weighted by atomic mass is 10.0. The summed E-state index contributed by atoms with van der Waals surface area (Å²) >= 11 is 0. The highest BCUT2D eigenvalue weighted by molar-refractivity contribution is 6.00. The Kier molecular flexibility index (Phi) is 3.72. The topological polar surface area (TPSA) is 55.6 Å². The number of carbonyl (C=O) groups is 1. The first kappa shape index (κ1) is 14.1. The fraction of sp³-hybridized carbons (Fsp3) is 0.471. The summed E-state index contributed by atoms with van der Waals surface area (Å²) < 4.78 is 5.81. The average molecular weight is 286 g/mol. The molecule has 0 spiro atoms. The van der Waals surface area contributed by atoms with Crippen molar-refractivity contribution in [2.24, 2.45) is 11.7 Å². The van der Waals surface area contributed by atoms with E-state index in [1.54, 1.807) is 11.0 Å². The minimum atomic E-state index is -0.402. The SMILES string of the molecule is C=CCN1C(=O)C(CC)Oc2ccc(C(N)C3CC3)cc21. The van der Waals surface area contributed by atoms with Gasteiger partial charge in [-0.25, -0.2) is 0 Å². The highest BCUT2D eigenvalue weighted by Crippen LogP contribution is 2.42. The Hall–Kier alpha value is -1.81. The molecule has 112 valence electrons. The Morgan fingerprint density at radius 1 is 1.52 bits per heavy atom. The van der Waals surface area contributed by atoms with Crippen LogP contribution >= 0.6 is 0 Å². The van der Waals surface area contributed by atoms with Crippen LogP contribution in [-0.2, 0) is 4.79 Å². The molecule has 1 amide bonds. The van der Waals surface area contributed by atoms with Crippen molar-refractivity contribution in [2.75, 3.05) is 11.4 Å². The van der Waals surface area contributed by atoms with E-state index in [0.717, 1.165) is 17.0 Å². The minimum Gasteiger partial charge on any atom is -0.478 e. The van der Waals surface area contributed by atoms with Crippen molar-refractivity contribution in [3.63, 3.8) is 0 Å². The summed E-state index contributed by atoms with van der Waals surface area (Å²) in [6.45, 7) is 6.20. The predicted octanol–water partition coefficient (Wildman–Crippen LogP) is 2.79. The summed E-state index contributed by atoms with van der Waals surface area (Å²) in [4.78, 5) is 14.2. The van der Waals surface area contributed by atoms with Crippen LogP contribution in [0.3, 0.4) is 0 Å². The van der Waals surface area contributed by atoms with Gasteiger partial charge < -0.3 is 15.4 Å². The number of fused-ring (bicyclic) bond motifs is 1. The van der Waals surface area contributed by atoms with Crippen LogP contribution in [0.4, 0.5) is 5.69 Å². The molecule has 0 aromatic heterocycles. The fourth-order valence-electron chi connectivity index (χ4n) is 2.85. The molecule has 1 saturated carbocycles. The van der Waals surface area contributed by atoms with E-state index in [-0.39, 0.29) is 11.9 Å². The van der Waals surface area contributed by atoms with Gasteiger partial charge in [0, 0.05) is 12.6 Å². The molecule has 21 heavy (non-hydrogen) atoms. The zero-order valence-corrected chi connectivity index (χ0v) is 12.4. The van der Waals surface area contributed by atoms with Crippen molar-refractivity contribution in [1.82, 2.24) is 0 Å². The zero-order chi connectivity index (χ0) is 15.0. The van der Waals surface area contributed by atoms with Crippen molar-refractivity contribution in [1.29, 1.82) is 0 Å². The number of nitrogens with two attached hydrogens (primary N) is 1. The normalized spacial score (nSPS) is 22.5. The Balaban J connectivity index is 1.97. The van der Waals surface area contributed by atoms with Crippen molar-refractivity contribution in [3.05, 3.63) is 36.4 Å². The highest BCUT2D eigenvalue weighted by Gasteiger charge is 2.34. The van der Waals surface area contributed by atoms with Crippen LogP contribution in [0, 0.1) is 5.92 Å². The molecule has 2 unspecified atom stereocenters. The second-order valence-corrected chi connectivity index (χ2v) is 5.84. The molecule has 2 atom stereocenters. The zero-order valence-electron chi connectivity index (χ0n) is 12.4. The molecule has 4 nitrogen and oxygen atoms in total. The van der Waals surface area contributed by atoms with Crippen LogP contribution in [0.2, 0.25) is 0 Å². The predicted molar refractivity (Wildman–Crippen MR) is 83.4 cm³/mol. The molecule has 0 saturated heterocycles. The third kappa shape index (κ3) is 2.56. The number of carbonyl (C=O) groups excluding carboxylic acids is 1. The maximum atomic E-state index is 12.5. The first-order valence-corrected chi connectivity index (χ1v) is 7.64. The molecule has 2 N–H and O–H groups in total. The molecule has 1 aromatic carbocycles. The van der Waals surface area contributed by atoms with Crippen LogP contribution in [0.25, 0.3) is 0 Å². The Labute approximate surface area is 125 Å². The van der Waals surface area contributed by atoms with Gasteiger partial charge in [0.2, 0.25) is 0 Å². The van der Waals surface area contributed by atoms with Gasteiger partial charge >= 0.3 is 0 Å². The molecule has 1 aromatic rings. The molecule has 3 rings (SSSR count). The highest BCUT2D eigenvalue weighted by atomic mass is 16.5. The largest absolute Gasteiger partial charge is 0.478 e. The summed E-state index contributed by atoms with van der Waals surface area (Å²) in [6.07, 6.45) is 4.40. The lowest BCUT2D eigenvalue weighted by Gasteiger charge is -2.34. The van der Waals surface area contributed by atoms with Gasteiger partial charge in [0.15, 0.2) is 6.10 Å². The number of hydrogen-bond acceptors (Lipinski definition) is 3. The maximum absolute atomic E-state index is 12.5. The second kappa shape index (κ2) is 5.53. The third-order valence-electron chi connectivity index (χ3n) is 4.28. The van der Waals surface area contributed by atoms with Gasteiger partial charge in [-0.15, -0.1) is 6.58 Å². The first-order chi connectivity index (χ1) is 10.2. The Morgan fingerprint density at radius 3 is 2.90 bits per heavy atom. The van der Waals surface area contributed by atoms with Gasteiger partial charge in [0.05, 0.1) is 5.69 Å². The number of amides is 1. The maximum Gasteiger partial charge on any atom is 0.268 e. The van der Waals surface area contributed by atoms with E-state index in [9.17, 15) is 4.79 Å². The molecule has 1 aliphatic carbocycles. The Bertz CT molecular complexity index is 566. The quantitative estimate of drug-likeness (QED) is 0.847. The molecule has 2 aliphatic rings. The van der Waals surface area contributed by atoms with Crippen LogP contribution in [0.15, 0.2) is 30.9 Å². The number of benzene rings is 1. The van der Waals surface area contributed by atoms with E-state index in [1.807, 2.05) is 25.1 Å². The van der Waals surface area contributed by atoms with Crippen molar-refractivity contribution in [2.45, 2.75) is 38.3 Å². The van der Waals surface area contributed by atoms with Gasteiger partial charge in [0.25, 0.3) is 5.91 Å². The standard InChI is InChI=1S/C17H22N2O2/c1-3-9-19-13-10-12(16(18)11-5-6-11)7-8-15(13)21-14(4-2)17(19)20/h3,7-8,10-11,14,16H,1,4-6,9,18H2,2H3. The summed E-state index contributed by atoms with van der Waals surface area (Å²) in [7, 11) is 0. The van der Waals surface area contributed by atoms with E-state index in [4.69, 9.17) is 10.5 Å². The van der Waals surface area contributed by atoms with Gasteiger partial charge in [-0.05, 0) is 42.9 Å². The van der Waals surface area contributed by atoms with Crippen molar-refractivity contribution >= 4 is 11.6 Å². The molecule has 0 bridgehead atoms. The minimum absolute atomic E-state index is 0.00189. The molecule has 0 radical (unpaired) electrons. The molecule has 4 heteroatoms. The van der Waals surface area contributed by atoms with E-state index in [0.29, 0.717) is 18.9 Å². The lowest BCUT2D eigenvalue weighted by molar-refractivity contribution is -0.126. The number of rotatable bonds is 5. The van der Waals surface area contributed by atoms with E-state index < -0.39 is 6.10 Å². The smallest absolute Gasteiger partial charge is 0.268 e. The van der Waals surface area contributed by atoms with E-state index in [1.165, 1.54) is 12.8 Å². The van der Waals surface area contributed by atoms with Crippen LogP contribution in [0.1, 0.15) is 37.8 Å². The van der Waals surface area contributed by atoms with Gasteiger partial charge in [-0.2, -0.15) is 0 Å². The van der Waals surface area contributed by atoms with Crippen LogP contribution < -0.4 is 15.4 Å². The van der Waals surface area contributed by atoms with Crippen LogP contribution in [0.5, 0.6) is 5.75 Å². The number of anilines is 1. The van der Waals surface area contributed by atoms with E-state index in [2.05, 4.69) is 6.58 Å². The number of ether oxygens (including phenoxy) is 1. The fourth-order valence-corrected chi connectivity index (χ4v) is 2.85. The van der Waals surface area contributed by atoms with Crippen molar-refractivity contribution in [3.8, 4) is 5.75 Å². The molecular weight excluding hydrogens is 264 g/mol. The van der Waals surface area contributed by atoms with Crippen LogP contribution in [-0.4, -0.2) is 18.6 Å². The van der Waals surface area contributed by atoms with Crippen molar-refractivity contribution < 1.29 is 9.53 Å². The first-order valence-electron chi connectivity index (χ1n) is 7.64. The average Bonchev–Trinajstić information content (AvgIpc) is 3.33. The van der Waals surface area contributed by atoms with Gasteiger partial charge in [-0.3, -0.25) is 4.79 Å². The monoisotopic (exact) mass is 286 g/mol. The summed E-state index contributed by atoms with van der Waals surface area (Å²) in [5, 5.41) is 0. The number of nitrogens with zero attached hydrogens (tertiary/aromatic N) is 1. The summed E-state index contributed by atoms with van der Waals surface area (Å²) in [6, 6.07) is 6.03. The second-order valence-electron chi connectivity index (χ2n) is 5.84. The van der Waals surface area contributed by atoms with Gasteiger partial charge in [0.1, 0.15) is 5.75 Å². The lowest BCUT2D eigenvalue weighted by Crippen LogP contribution is -2.45. The Morgan fingerprint density at radius 2 is 2.29 bits per heavy atom. The third-order valence-corrected chi connectivity index (χ3v) is 4.28. The summed E-state index contributed by atoms with van der Waals surface area (Å²) in [5.41, 5.74) is 8.17. The molecule has 1 fully saturated rings. The molecule has 1 aliphatic heterocycles. The summed E-state index contributed by atoms with van der Waals surface area (Å²) in [5.74, 6) is 1.34.